The molecule has 0 bridgehead atoms. The zero-order valence-electron chi connectivity index (χ0n) is 6.23. The van der Waals surface area contributed by atoms with E-state index in [2.05, 4.69) is 4.98 Å². The Hall–Kier alpha value is -1.77. The highest BCUT2D eigenvalue weighted by Gasteiger charge is 2.04. The van der Waals surface area contributed by atoms with Gasteiger partial charge < -0.3 is 10.2 Å². The number of benzene rings is 1. The summed E-state index contributed by atoms with van der Waals surface area (Å²) in [6, 6.07) is 6.75. The summed E-state index contributed by atoms with van der Waals surface area (Å²) in [6.07, 6.45) is 1.57. The third-order valence-corrected chi connectivity index (χ3v) is 1.73. The van der Waals surface area contributed by atoms with Gasteiger partial charge in [-0.15, -0.1) is 0 Å². The number of phenolic OH excluding ortho intramolecular Hbond substituents is 2. The molecule has 0 aliphatic rings. The lowest BCUT2D eigenvalue weighted by Gasteiger charge is -2.00. The first-order valence-electron chi connectivity index (χ1n) is 3.55. The summed E-state index contributed by atoms with van der Waals surface area (Å²) in [6.45, 7) is 0. The topological polar surface area (TPSA) is 53.4 Å². The van der Waals surface area contributed by atoms with E-state index in [1.807, 2.05) is 6.07 Å². The van der Waals surface area contributed by atoms with Gasteiger partial charge in [0, 0.05) is 11.6 Å². The number of fused-ring (bicyclic) bond motifs is 1. The molecule has 0 saturated carbocycles. The minimum atomic E-state index is -0.159. The van der Waals surface area contributed by atoms with Crippen molar-refractivity contribution >= 4 is 10.9 Å². The van der Waals surface area contributed by atoms with Crippen LogP contribution in [0.15, 0.2) is 30.5 Å². The van der Waals surface area contributed by atoms with Gasteiger partial charge in [0.2, 0.25) is 0 Å². The van der Waals surface area contributed by atoms with Crippen LogP contribution >= 0.6 is 0 Å². The number of hydrogen-bond donors (Lipinski definition) is 2. The molecule has 2 N–H and O–H groups in total. The van der Waals surface area contributed by atoms with Crippen LogP contribution in [-0.2, 0) is 0 Å². The van der Waals surface area contributed by atoms with E-state index in [1.165, 1.54) is 6.07 Å². The van der Waals surface area contributed by atoms with E-state index in [4.69, 9.17) is 5.11 Å². The Morgan fingerprint density at radius 1 is 1.08 bits per heavy atom. The fourth-order valence-corrected chi connectivity index (χ4v) is 1.12. The number of nitrogens with zero attached hydrogens (tertiary/aromatic N) is 1. The highest BCUT2D eigenvalue weighted by atomic mass is 16.3. The fourth-order valence-electron chi connectivity index (χ4n) is 1.12. The first-order chi connectivity index (χ1) is 5.79. The van der Waals surface area contributed by atoms with Crippen molar-refractivity contribution in [3.63, 3.8) is 0 Å². The van der Waals surface area contributed by atoms with Gasteiger partial charge in [-0.1, -0.05) is 6.07 Å². The van der Waals surface area contributed by atoms with Gasteiger partial charge in [0.1, 0.15) is 5.52 Å². The van der Waals surface area contributed by atoms with E-state index in [-0.39, 0.29) is 11.5 Å². The molecule has 2 aromatic rings. The highest BCUT2D eigenvalue weighted by molar-refractivity contribution is 5.86. The molecule has 0 aliphatic carbocycles. The molecule has 60 valence electrons. The van der Waals surface area contributed by atoms with Crippen molar-refractivity contribution in [1.29, 1.82) is 0 Å². The quantitative estimate of drug-likeness (QED) is 0.577. The third kappa shape index (κ3) is 0.871. The van der Waals surface area contributed by atoms with Gasteiger partial charge in [-0.05, 0) is 18.2 Å². The molecule has 0 saturated heterocycles. The van der Waals surface area contributed by atoms with Crippen LogP contribution in [0.1, 0.15) is 0 Å². The molecule has 0 unspecified atom stereocenters. The molecule has 1 aromatic heterocycles. The van der Waals surface area contributed by atoms with Gasteiger partial charge in [0.15, 0.2) is 11.5 Å². The lowest BCUT2D eigenvalue weighted by atomic mass is 10.2. The normalized spacial score (nSPS) is 10.3. The van der Waals surface area contributed by atoms with Crippen molar-refractivity contribution in [2.75, 3.05) is 0 Å². The van der Waals surface area contributed by atoms with Crippen molar-refractivity contribution in [3.05, 3.63) is 30.5 Å². The second-order valence-electron chi connectivity index (χ2n) is 2.51. The molecule has 0 spiro atoms. The van der Waals surface area contributed by atoms with E-state index in [9.17, 15) is 5.11 Å². The molecule has 0 atom stereocenters. The maximum absolute atomic E-state index is 9.35. The van der Waals surface area contributed by atoms with Crippen molar-refractivity contribution in [2.24, 2.45) is 0 Å². The van der Waals surface area contributed by atoms with Gasteiger partial charge in [-0.25, -0.2) is 0 Å². The maximum Gasteiger partial charge on any atom is 0.184 e. The van der Waals surface area contributed by atoms with Gasteiger partial charge >= 0.3 is 0 Å². The zero-order chi connectivity index (χ0) is 8.55. The summed E-state index contributed by atoms with van der Waals surface area (Å²) in [5.41, 5.74) is 0.428. The molecule has 0 aliphatic heterocycles. The SMILES string of the molecule is Oc1ccc2cccnc2c1O. The van der Waals surface area contributed by atoms with Crippen LogP contribution < -0.4 is 0 Å². The van der Waals surface area contributed by atoms with Crippen molar-refractivity contribution in [1.82, 2.24) is 4.98 Å². The average Bonchev–Trinajstić information content (AvgIpc) is 2.12. The first kappa shape index (κ1) is 6.91. The first-order valence-corrected chi connectivity index (χ1v) is 3.55. The van der Waals surface area contributed by atoms with E-state index in [1.54, 1.807) is 18.3 Å². The summed E-state index contributed by atoms with van der Waals surface area (Å²) < 4.78 is 0. The van der Waals surface area contributed by atoms with E-state index >= 15 is 0 Å². The van der Waals surface area contributed by atoms with Crippen LogP contribution in [-0.4, -0.2) is 15.2 Å². The Kier molecular flexibility index (Phi) is 1.37. The molecule has 2 rings (SSSR count). The van der Waals surface area contributed by atoms with Crippen molar-refractivity contribution < 1.29 is 10.2 Å². The Morgan fingerprint density at radius 3 is 2.75 bits per heavy atom. The number of aromatic nitrogens is 1. The van der Waals surface area contributed by atoms with Gasteiger partial charge in [0.05, 0.1) is 0 Å². The average molecular weight is 161 g/mol. The summed E-state index contributed by atoms with van der Waals surface area (Å²) in [5.74, 6) is -0.297. The van der Waals surface area contributed by atoms with Gasteiger partial charge in [0.25, 0.3) is 0 Å². The largest absolute Gasteiger partial charge is 0.504 e. The molecule has 0 amide bonds. The fraction of sp³-hybridized carbons (Fsp3) is 0. The Labute approximate surface area is 68.9 Å². The van der Waals surface area contributed by atoms with Crippen LogP contribution in [0.4, 0.5) is 0 Å². The lowest BCUT2D eigenvalue weighted by Crippen LogP contribution is -1.78. The molecule has 3 heteroatoms. The summed E-state index contributed by atoms with van der Waals surface area (Å²) >= 11 is 0. The second kappa shape index (κ2) is 2.37. The number of pyridine rings is 1. The number of rotatable bonds is 0. The number of phenols is 2. The molecular formula is C9H7NO2. The standard InChI is InChI=1S/C9H7NO2/c11-7-4-3-6-2-1-5-10-8(6)9(7)12/h1-5,11-12H. The number of hydrogen-bond acceptors (Lipinski definition) is 3. The van der Waals surface area contributed by atoms with Crippen LogP contribution in [0.2, 0.25) is 0 Å². The smallest absolute Gasteiger partial charge is 0.184 e. The number of aromatic hydroxyl groups is 2. The van der Waals surface area contributed by atoms with Crippen molar-refractivity contribution in [3.8, 4) is 11.5 Å². The third-order valence-electron chi connectivity index (χ3n) is 1.73. The molecular weight excluding hydrogens is 154 g/mol. The highest BCUT2D eigenvalue weighted by Crippen LogP contribution is 2.31. The van der Waals surface area contributed by atoms with Crippen LogP contribution in [0.5, 0.6) is 11.5 Å². The molecule has 1 heterocycles. The van der Waals surface area contributed by atoms with Gasteiger partial charge in [-0.3, -0.25) is 4.98 Å². The summed E-state index contributed by atoms with van der Waals surface area (Å²) in [5, 5.41) is 19.3. The van der Waals surface area contributed by atoms with E-state index < -0.39 is 0 Å². The maximum atomic E-state index is 9.35. The molecule has 0 fully saturated rings. The molecule has 1 aromatic carbocycles. The zero-order valence-corrected chi connectivity index (χ0v) is 6.23. The Balaban J connectivity index is 2.91. The van der Waals surface area contributed by atoms with E-state index in [0.717, 1.165) is 5.39 Å². The molecule has 0 radical (unpaired) electrons. The van der Waals surface area contributed by atoms with Crippen LogP contribution in [0.3, 0.4) is 0 Å². The minimum Gasteiger partial charge on any atom is -0.504 e. The Bertz CT molecular complexity index is 426. The van der Waals surface area contributed by atoms with Crippen molar-refractivity contribution in [2.45, 2.75) is 0 Å². The summed E-state index contributed by atoms with van der Waals surface area (Å²) in [7, 11) is 0. The predicted molar refractivity (Wildman–Crippen MR) is 45.1 cm³/mol. The van der Waals surface area contributed by atoms with Gasteiger partial charge in [-0.2, -0.15) is 0 Å². The predicted octanol–water partition coefficient (Wildman–Crippen LogP) is 1.65. The van der Waals surface area contributed by atoms with Crippen LogP contribution in [0.25, 0.3) is 10.9 Å². The van der Waals surface area contributed by atoms with Crippen LogP contribution in [0, 0.1) is 0 Å². The summed E-state index contributed by atoms with van der Waals surface area (Å²) in [4.78, 5) is 3.93. The second-order valence-corrected chi connectivity index (χ2v) is 2.51. The monoisotopic (exact) mass is 161 g/mol. The molecule has 3 nitrogen and oxygen atoms in total. The molecule has 12 heavy (non-hydrogen) atoms. The minimum absolute atomic E-state index is 0.138. The Morgan fingerprint density at radius 2 is 1.92 bits per heavy atom. The van der Waals surface area contributed by atoms with E-state index in [0.29, 0.717) is 5.52 Å². The lowest BCUT2D eigenvalue weighted by molar-refractivity contribution is 0.407.